The highest BCUT2D eigenvalue weighted by Gasteiger charge is 2.18. The number of carbonyl (C=O) groups is 3. The van der Waals surface area contributed by atoms with E-state index in [4.69, 9.17) is 10.2 Å². The van der Waals surface area contributed by atoms with Gasteiger partial charge in [0.2, 0.25) is 0 Å². The van der Waals surface area contributed by atoms with E-state index >= 15 is 0 Å². The Labute approximate surface area is 109 Å². The molecule has 0 bridgehead atoms. The van der Waals surface area contributed by atoms with Crippen molar-refractivity contribution in [3.63, 3.8) is 0 Å². The van der Waals surface area contributed by atoms with Crippen LogP contribution in [0.25, 0.3) is 0 Å². The van der Waals surface area contributed by atoms with Crippen molar-refractivity contribution in [3.8, 4) is 0 Å². The van der Waals surface area contributed by atoms with E-state index in [9.17, 15) is 14.4 Å². The highest BCUT2D eigenvalue weighted by molar-refractivity contribution is 5.96. The number of carboxylic acids is 1. The molecular formula is C12H14N2O5. The van der Waals surface area contributed by atoms with Crippen molar-refractivity contribution in [2.45, 2.75) is 13.0 Å². The van der Waals surface area contributed by atoms with Gasteiger partial charge in [-0.15, -0.1) is 0 Å². The van der Waals surface area contributed by atoms with Gasteiger partial charge in [-0.1, -0.05) is 0 Å². The van der Waals surface area contributed by atoms with Crippen LogP contribution in [0.2, 0.25) is 0 Å². The molecule has 102 valence electrons. The molecule has 0 aromatic heterocycles. The molecule has 0 saturated carbocycles. The summed E-state index contributed by atoms with van der Waals surface area (Å²) in [4.78, 5) is 33.1. The molecule has 0 aliphatic heterocycles. The van der Waals surface area contributed by atoms with Crippen molar-refractivity contribution in [2.24, 2.45) is 0 Å². The number of nitrogens with one attached hydrogen (secondary N) is 2. The van der Waals surface area contributed by atoms with Crippen LogP contribution in [-0.2, 0) is 4.79 Å². The fourth-order valence-corrected chi connectivity index (χ4v) is 1.30. The predicted octanol–water partition coefficient (Wildman–Crippen LogP) is 0.456. The number of benzene rings is 1. The van der Waals surface area contributed by atoms with Gasteiger partial charge in [0.05, 0.1) is 6.61 Å². The zero-order valence-corrected chi connectivity index (χ0v) is 10.2. The molecule has 0 spiro atoms. The first kappa shape index (κ1) is 14.7. The third kappa shape index (κ3) is 4.40. The topological polar surface area (TPSA) is 116 Å². The molecule has 1 aromatic rings. The van der Waals surface area contributed by atoms with Crippen LogP contribution < -0.4 is 10.6 Å². The quantitative estimate of drug-likeness (QED) is 0.578. The van der Waals surface area contributed by atoms with Crippen LogP contribution in [-0.4, -0.2) is 40.6 Å². The maximum absolute atomic E-state index is 11.4. The second-order valence-corrected chi connectivity index (χ2v) is 3.81. The Balaban J connectivity index is 2.61. The number of carbonyl (C=O) groups excluding carboxylic acids is 2. The number of rotatable bonds is 5. The minimum atomic E-state index is -1.36. The first-order chi connectivity index (χ1) is 8.93. The molecular weight excluding hydrogens is 252 g/mol. The van der Waals surface area contributed by atoms with Gasteiger partial charge in [-0.3, -0.25) is 4.79 Å². The summed E-state index contributed by atoms with van der Waals surface area (Å²) in [5, 5.41) is 21.9. The average molecular weight is 266 g/mol. The van der Waals surface area contributed by atoms with E-state index in [-0.39, 0.29) is 5.78 Å². The summed E-state index contributed by atoms with van der Waals surface area (Å²) in [6.07, 6.45) is 0. The maximum Gasteiger partial charge on any atom is 0.328 e. The molecule has 0 heterocycles. The van der Waals surface area contributed by atoms with Crippen LogP contribution in [0.4, 0.5) is 10.5 Å². The summed E-state index contributed by atoms with van der Waals surface area (Å²) >= 11 is 0. The van der Waals surface area contributed by atoms with E-state index in [2.05, 4.69) is 10.6 Å². The number of hydrogen-bond donors (Lipinski definition) is 4. The maximum atomic E-state index is 11.4. The SMILES string of the molecule is CC(=O)c1ccc(NC(=O)N[C@@H](CO)C(=O)O)cc1. The predicted molar refractivity (Wildman–Crippen MR) is 67.1 cm³/mol. The molecule has 2 amide bonds. The van der Waals surface area contributed by atoms with Gasteiger partial charge in [-0.2, -0.15) is 0 Å². The summed E-state index contributed by atoms with van der Waals surface area (Å²) in [5.74, 6) is -1.42. The number of aliphatic hydroxyl groups is 1. The number of urea groups is 1. The number of anilines is 1. The Morgan fingerprint density at radius 1 is 1.21 bits per heavy atom. The zero-order valence-electron chi connectivity index (χ0n) is 10.2. The minimum absolute atomic E-state index is 0.0952. The highest BCUT2D eigenvalue weighted by Crippen LogP contribution is 2.09. The number of carboxylic acid groups (broad SMARTS) is 1. The number of aliphatic carboxylic acids is 1. The molecule has 7 nitrogen and oxygen atoms in total. The molecule has 1 atom stereocenters. The molecule has 1 rings (SSSR count). The molecule has 4 N–H and O–H groups in total. The largest absolute Gasteiger partial charge is 0.480 e. The van der Waals surface area contributed by atoms with Gasteiger partial charge in [0, 0.05) is 11.3 Å². The molecule has 1 aromatic carbocycles. The molecule has 0 saturated heterocycles. The van der Waals surface area contributed by atoms with Crippen molar-refractivity contribution < 1.29 is 24.6 Å². The lowest BCUT2D eigenvalue weighted by atomic mass is 10.1. The van der Waals surface area contributed by atoms with E-state index < -0.39 is 24.6 Å². The summed E-state index contributed by atoms with van der Waals surface area (Å²) < 4.78 is 0. The first-order valence-electron chi connectivity index (χ1n) is 5.46. The number of aliphatic hydroxyl groups excluding tert-OH is 1. The fraction of sp³-hybridized carbons (Fsp3) is 0.250. The van der Waals surface area contributed by atoms with Crippen LogP contribution in [0.15, 0.2) is 24.3 Å². The third-order valence-electron chi connectivity index (χ3n) is 2.34. The summed E-state index contributed by atoms with van der Waals surface area (Å²) in [5.41, 5.74) is 0.911. The standard InChI is InChI=1S/C12H14N2O5/c1-7(16)8-2-4-9(5-3-8)13-12(19)14-10(6-15)11(17)18/h2-5,10,15H,6H2,1H3,(H,17,18)(H2,13,14,19)/t10-/m0/s1. The second kappa shape index (κ2) is 6.50. The van der Waals surface area contributed by atoms with Gasteiger partial charge >= 0.3 is 12.0 Å². The van der Waals surface area contributed by atoms with Crippen LogP contribution in [0.3, 0.4) is 0 Å². The van der Waals surface area contributed by atoms with Crippen molar-refractivity contribution in [1.29, 1.82) is 0 Å². The van der Waals surface area contributed by atoms with Crippen LogP contribution in [0.5, 0.6) is 0 Å². The van der Waals surface area contributed by atoms with Crippen molar-refractivity contribution >= 4 is 23.5 Å². The van der Waals surface area contributed by atoms with Gasteiger partial charge in [0.1, 0.15) is 0 Å². The summed E-state index contributed by atoms with van der Waals surface area (Å²) in [7, 11) is 0. The minimum Gasteiger partial charge on any atom is -0.480 e. The number of hydrogen-bond acceptors (Lipinski definition) is 4. The highest BCUT2D eigenvalue weighted by atomic mass is 16.4. The Morgan fingerprint density at radius 3 is 2.21 bits per heavy atom. The number of amides is 2. The van der Waals surface area contributed by atoms with E-state index in [1.165, 1.54) is 19.1 Å². The smallest absolute Gasteiger partial charge is 0.328 e. The molecule has 19 heavy (non-hydrogen) atoms. The van der Waals surface area contributed by atoms with Crippen molar-refractivity contribution in [2.75, 3.05) is 11.9 Å². The Kier molecular flexibility index (Phi) is 5.01. The molecule has 0 aliphatic rings. The number of Topliss-reactive ketones (excluding diaryl/α,β-unsaturated/α-hetero) is 1. The molecule has 0 aliphatic carbocycles. The fourth-order valence-electron chi connectivity index (χ4n) is 1.30. The monoisotopic (exact) mass is 266 g/mol. The lowest BCUT2D eigenvalue weighted by Crippen LogP contribution is -2.45. The Morgan fingerprint density at radius 2 is 1.79 bits per heavy atom. The average Bonchev–Trinajstić information content (AvgIpc) is 2.36. The lowest BCUT2D eigenvalue weighted by Gasteiger charge is -2.12. The molecule has 0 fully saturated rings. The van der Waals surface area contributed by atoms with Crippen LogP contribution >= 0.6 is 0 Å². The zero-order chi connectivity index (χ0) is 14.4. The molecule has 0 radical (unpaired) electrons. The van der Waals surface area contributed by atoms with E-state index in [0.29, 0.717) is 11.3 Å². The van der Waals surface area contributed by atoms with Gasteiger partial charge < -0.3 is 20.8 Å². The van der Waals surface area contributed by atoms with Gasteiger partial charge in [-0.05, 0) is 31.2 Å². The first-order valence-corrected chi connectivity index (χ1v) is 5.46. The lowest BCUT2D eigenvalue weighted by molar-refractivity contribution is -0.140. The normalized spacial score (nSPS) is 11.5. The van der Waals surface area contributed by atoms with Crippen molar-refractivity contribution in [1.82, 2.24) is 5.32 Å². The summed E-state index contributed by atoms with van der Waals surface area (Å²) in [6, 6.07) is 4.00. The van der Waals surface area contributed by atoms with Crippen molar-refractivity contribution in [3.05, 3.63) is 29.8 Å². The van der Waals surface area contributed by atoms with E-state index in [1.54, 1.807) is 12.1 Å². The van der Waals surface area contributed by atoms with Crippen LogP contribution in [0.1, 0.15) is 17.3 Å². The van der Waals surface area contributed by atoms with E-state index in [0.717, 1.165) is 0 Å². The van der Waals surface area contributed by atoms with Gasteiger partial charge in [-0.25, -0.2) is 9.59 Å². The third-order valence-corrected chi connectivity index (χ3v) is 2.34. The summed E-state index contributed by atoms with van der Waals surface area (Å²) in [6.45, 7) is 0.722. The van der Waals surface area contributed by atoms with Crippen LogP contribution in [0, 0.1) is 0 Å². The molecule has 7 heteroatoms. The number of ketones is 1. The van der Waals surface area contributed by atoms with Gasteiger partial charge in [0.15, 0.2) is 11.8 Å². The molecule has 0 unspecified atom stereocenters. The van der Waals surface area contributed by atoms with Gasteiger partial charge in [0.25, 0.3) is 0 Å². The second-order valence-electron chi connectivity index (χ2n) is 3.81. The Bertz CT molecular complexity index is 483. The van der Waals surface area contributed by atoms with E-state index in [1.807, 2.05) is 0 Å². The Hall–Kier alpha value is -2.41.